The molecule has 3 aliphatic carbocycles. The van der Waals surface area contributed by atoms with Crippen molar-refractivity contribution in [3.05, 3.63) is 58.7 Å². The van der Waals surface area contributed by atoms with Crippen LogP contribution in [0.2, 0.25) is 0 Å². The molecule has 2 fully saturated rings. The number of methoxy groups -OCH3 is 1. The van der Waals surface area contributed by atoms with Gasteiger partial charge in [0.1, 0.15) is 0 Å². The Balaban J connectivity index is 1.58. The number of aryl methyl sites for hydroxylation is 1. The van der Waals surface area contributed by atoms with Gasteiger partial charge >= 0.3 is 5.97 Å². The summed E-state index contributed by atoms with van der Waals surface area (Å²) in [5, 5.41) is 0. The van der Waals surface area contributed by atoms with Gasteiger partial charge in [-0.25, -0.2) is 0 Å². The molecule has 0 aromatic heterocycles. The minimum atomic E-state index is -0.441. The normalized spacial score (nSPS) is 32.1. The summed E-state index contributed by atoms with van der Waals surface area (Å²) in [6, 6.07) is 5.67. The highest BCUT2D eigenvalue weighted by atomic mass is 16.5. The maximum atomic E-state index is 12.8. The van der Waals surface area contributed by atoms with Gasteiger partial charge in [0.15, 0.2) is 11.6 Å². The van der Waals surface area contributed by atoms with E-state index in [0.717, 1.165) is 50.5 Å². The summed E-state index contributed by atoms with van der Waals surface area (Å²) in [5.41, 5.74) is 3.44. The lowest BCUT2D eigenvalue weighted by atomic mass is 9.46. The molecule has 3 aliphatic rings. The fraction of sp³-hybridized carbons (Fsp3) is 0.536. The number of Topliss-reactive ketones (excluding diaryl/α,β-unsaturated/α-hetero) is 1. The lowest BCUT2D eigenvalue weighted by Gasteiger charge is -2.57. The van der Waals surface area contributed by atoms with Crippen LogP contribution in [0.5, 0.6) is 0 Å². The number of carbonyl (C=O) groups excluding carboxylic acids is 3. The third kappa shape index (κ3) is 3.48. The van der Waals surface area contributed by atoms with Crippen molar-refractivity contribution in [3.8, 4) is 0 Å². The molecule has 170 valence electrons. The Morgan fingerprint density at radius 3 is 2.66 bits per heavy atom. The predicted molar refractivity (Wildman–Crippen MR) is 125 cm³/mol. The van der Waals surface area contributed by atoms with Crippen LogP contribution in [-0.2, 0) is 16.0 Å². The average Bonchev–Trinajstić information content (AvgIpc) is 2.76. The SMILES string of the molecule is C=C1CC[C@@H]2[C@](C)(CCC[C@]2(C)C(=O)OC)[C@H]1CCc1ccc2c(c1)C(=O)C(C)=CC2=O. The van der Waals surface area contributed by atoms with E-state index >= 15 is 0 Å². The van der Waals surface area contributed by atoms with Crippen LogP contribution in [0.25, 0.3) is 0 Å². The summed E-state index contributed by atoms with van der Waals surface area (Å²) >= 11 is 0. The quantitative estimate of drug-likeness (QED) is 0.437. The molecular weight excluding hydrogens is 400 g/mol. The molecule has 2 saturated carbocycles. The number of ketones is 2. The molecule has 4 heteroatoms. The predicted octanol–water partition coefficient (Wildman–Crippen LogP) is 5.90. The van der Waals surface area contributed by atoms with Crippen LogP contribution >= 0.6 is 0 Å². The van der Waals surface area contributed by atoms with Gasteiger partial charge in [0, 0.05) is 16.7 Å². The van der Waals surface area contributed by atoms with Crippen molar-refractivity contribution in [3.63, 3.8) is 0 Å². The molecule has 0 radical (unpaired) electrons. The van der Waals surface area contributed by atoms with Crippen molar-refractivity contribution in [2.24, 2.45) is 22.7 Å². The molecule has 0 aliphatic heterocycles. The first-order valence-corrected chi connectivity index (χ1v) is 11.8. The molecule has 0 spiro atoms. The van der Waals surface area contributed by atoms with Gasteiger partial charge in [-0.3, -0.25) is 14.4 Å². The molecule has 1 aromatic carbocycles. The zero-order valence-electron chi connectivity index (χ0n) is 19.8. The fourth-order valence-corrected chi connectivity index (χ4v) is 6.97. The number of allylic oxidation sites excluding steroid dienone is 3. The van der Waals surface area contributed by atoms with E-state index < -0.39 is 5.41 Å². The van der Waals surface area contributed by atoms with Crippen molar-refractivity contribution in [2.45, 2.75) is 65.7 Å². The Labute approximate surface area is 191 Å². The second kappa shape index (κ2) is 8.13. The Morgan fingerprint density at radius 1 is 1.19 bits per heavy atom. The standard InChI is InChI=1S/C28H34O4/c1-17-7-12-24-27(3,13-6-14-28(24,4)26(31)32-5)22(17)11-9-19-8-10-20-21(16-19)25(30)18(2)15-23(20)29/h8,10,15-16,22,24H,1,6-7,9,11-14H2,2-5H3/t22-,24+,27+,28-/m0/s1. The van der Waals surface area contributed by atoms with Crippen molar-refractivity contribution in [2.75, 3.05) is 7.11 Å². The van der Waals surface area contributed by atoms with Gasteiger partial charge in [-0.15, -0.1) is 0 Å². The van der Waals surface area contributed by atoms with Gasteiger partial charge in [-0.1, -0.05) is 37.6 Å². The van der Waals surface area contributed by atoms with Gasteiger partial charge in [0.25, 0.3) is 0 Å². The third-order valence-electron chi connectivity index (χ3n) is 8.69. The highest BCUT2D eigenvalue weighted by Crippen LogP contribution is 2.62. The highest BCUT2D eigenvalue weighted by Gasteiger charge is 2.57. The monoisotopic (exact) mass is 434 g/mol. The van der Waals surface area contributed by atoms with Crippen molar-refractivity contribution in [1.29, 1.82) is 0 Å². The zero-order chi connectivity index (χ0) is 23.3. The number of fused-ring (bicyclic) bond motifs is 2. The highest BCUT2D eigenvalue weighted by molar-refractivity contribution is 6.24. The van der Waals surface area contributed by atoms with Crippen LogP contribution in [0.4, 0.5) is 0 Å². The molecule has 1 aromatic rings. The van der Waals surface area contributed by atoms with Gasteiger partial charge in [0.2, 0.25) is 0 Å². The van der Waals surface area contributed by atoms with E-state index in [4.69, 9.17) is 4.74 Å². The van der Waals surface area contributed by atoms with Gasteiger partial charge < -0.3 is 4.74 Å². The van der Waals surface area contributed by atoms with E-state index in [1.807, 2.05) is 12.1 Å². The van der Waals surface area contributed by atoms with E-state index in [1.54, 1.807) is 13.0 Å². The minimum Gasteiger partial charge on any atom is -0.469 e. The van der Waals surface area contributed by atoms with Crippen LogP contribution in [0, 0.1) is 22.7 Å². The lowest BCUT2D eigenvalue weighted by molar-refractivity contribution is -0.168. The molecule has 0 amide bonds. The van der Waals surface area contributed by atoms with Crippen molar-refractivity contribution < 1.29 is 19.1 Å². The largest absolute Gasteiger partial charge is 0.469 e. The summed E-state index contributed by atoms with van der Waals surface area (Å²) in [7, 11) is 1.50. The number of hydrogen-bond donors (Lipinski definition) is 0. The maximum absolute atomic E-state index is 12.8. The summed E-state index contributed by atoms with van der Waals surface area (Å²) < 4.78 is 5.23. The number of hydrogen-bond acceptors (Lipinski definition) is 4. The summed E-state index contributed by atoms with van der Waals surface area (Å²) in [6.07, 6.45) is 8.10. The summed E-state index contributed by atoms with van der Waals surface area (Å²) in [4.78, 5) is 37.6. The molecule has 0 bridgehead atoms. The topological polar surface area (TPSA) is 60.4 Å². The van der Waals surface area contributed by atoms with Crippen LogP contribution in [-0.4, -0.2) is 24.6 Å². The average molecular weight is 435 g/mol. The van der Waals surface area contributed by atoms with Gasteiger partial charge in [-0.05, 0) is 87.3 Å². The summed E-state index contributed by atoms with van der Waals surface area (Å²) in [6.45, 7) is 10.6. The van der Waals surface area contributed by atoms with E-state index in [0.29, 0.717) is 22.6 Å². The van der Waals surface area contributed by atoms with Crippen LogP contribution in [0.3, 0.4) is 0 Å². The Hall–Kier alpha value is -2.49. The lowest BCUT2D eigenvalue weighted by Crippen LogP contribution is -2.53. The molecule has 4 rings (SSSR count). The Bertz CT molecular complexity index is 1030. The van der Waals surface area contributed by atoms with Crippen molar-refractivity contribution >= 4 is 17.5 Å². The van der Waals surface area contributed by atoms with Gasteiger partial charge in [-0.2, -0.15) is 0 Å². The third-order valence-corrected chi connectivity index (χ3v) is 8.69. The number of carbonyl (C=O) groups is 3. The molecule has 0 saturated heterocycles. The number of benzene rings is 1. The van der Waals surface area contributed by atoms with E-state index in [2.05, 4.69) is 20.4 Å². The molecular formula is C28H34O4. The maximum Gasteiger partial charge on any atom is 0.311 e. The van der Waals surface area contributed by atoms with E-state index in [1.165, 1.54) is 18.8 Å². The molecule has 4 atom stereocenters. The first-order valence-electron chi connectivity index (χ1n) is 11.8. The number of ether oxygens (including phenoxy) is 1. The second-order valence-electron chi connectivity index (χ2n) is 10.5. The number of rotatable bonds is 4. The Morgan fingerprint density at radius 2 is 1.94 bits per heavy atom. The van der Waals surface area contributed by atoms with E-state index in [9.17, 15) is 14.4 Å². The van der Waals surface area contributed by atoms with Crippen LogP contribution in [0.15, 0.2) is 42.0 Å². The number of esters is 1. The zero-order valence-corrected chi connectivity index (χ0v) is 19.8. The molecule has 4 nitrogen and oxygen atoms in total. The summed E-state index contributed by atoms with van der Waals surface area (Å²) in [5.74, 6) is 0.365. The van der Waals surface area contributed by atoms with Crippen molar-refractivity contribution in [1.82, 2.24) is 0 Å². The Kier molecular flexibility index (Phi) is 5.77. The minimum absolute atomic E-state index is 0.00976. The van der Waals surface area contributed by atoms with Crippen LogP contribution in [0.1, 0.15) is 85.6 Å². The fourth-order valence-electron chi connectivity index (χ4n) is 6.97. The first kappa shape index (κ1) is 22.7. The second-order valence-corrected chi connectivity index (χ2v) is 10.5. The molecule has 0 heterocycles. The molecule has 0 unspecified atom stereocenters. The van der Waals surface area contributed by atoms with E-state index in [-0.39, 0.29) is 28.9 Å². The first-order chi connectivity index (χ1) is 15.1. The smallest absolute Gasteiger partial charge is 0.311 e. The van der Waals surface area contributed by atoms with Crippen LogP contribution < -0.4 is 0 Å². The van der Waals surface area contributed by atoms with Gasteiger partial charge in [0.05, 0.1) is 12.5 Å². The molecule has 0 N–H and O–H groups in total. The molecule has 32 heavy (non-hydrogen) atoms.